The Morgan fingerprint density at radius 1 is 1.17 bits per heavy atom. The number of likely N-dealkylation sites (tertiary alicyclic amines) is 1. The first-order valence-corrected chi connectivity index (χ1v) is 16.3. The number of benzene rings is 2. The first kappa shape index (κ1) is 31.3. The molecule has 5 aromatic rings. The Hall–Kier alpha value is -4.26. The number of anilines is 1. The fourth-order valence-electron chi connectivity index (χ4n) is 7.32. The quantitative estimate of drug-likeness (QED) is 0.230. The van der Waals surface area contributed by atoms with E-state index in [1.807, 2.05) is 41.8 Å². The lowest BCUT2D eigenvalue weighted by atomic mass is 9.92. The molecule has 2 saturated heterocycles. The number of nitriles is 1. The highest BCUT2D eigenvalue weighted by atomic mass is 35.5. The summed E-state index contributed by atoms with van der Waals surface area (Å²) >= 11 is 7.06. The summed E-state index contributed by atoms with van der Waals surface area (Å²) in [5.74, 6) is 5.81. The molecule has 12 heteroatoms. The maximum Gasteiger partial charge on any atom is 0.171 e. The molecule has 3 atom stereocenters. The number of pyridine rings is 1. The van der Waals surface area contributed by atoms with Gasteiger partial charge in [-0.1, -0.05) is 17.5 Å². The number of aromatic amines is 1. The van der Waals surface area contributed by atoms with Crippen molar-refractivity contribution >= 4 is 50.1 Å². The van der Waals surface area contributed by atoms with Crippen LogP contribution >= 0.6 is 11.6 Å². The normalized spacial score (nSPS) is 19.7. The van der Waals surface area contributed by atoms with Crippen LogP contribution in [0, 0.1) is 42.8 Å². The summed E-state index contributed by atoms with van der Waals surface area (Å²) in [5.41, 5.74) is 4.74. The van der Waals surface area contributed by atoms with E-state index in [2.05, 4.69) is 52.0 Å². The van der Waals surface area contributed by atoms with Gasteiger partial charge in [0.2, 0.25) is 0 Å². The van der Waals surface area contributed by atoms with E-state index < -0.39 is 12.0 Å². The van der Waals surface area contributed by atoms with Crippen LogP contribution in [-0.2, 0) is 0 Å². The molecule has 10 nitrogen and oxygen atoms in total. The van der Waals surface area contributed by atoms with Crippen molar-refractivity contribution in [3.8, 4) is 29.0 Å². The molecule has 0 bridgehead atoms. The number of likely N-dealkylation sites (N-methyl/N-ethyl adjacent to an activating group) is 1. The summed E-state index contributed by atoms with van der Waals surface area (Å²) in [6.07, 6.45) is 4.08. The Morgan fingerprint density at radius 3 is 2.68 bits per heavy atom. The van der Waals surface area contributed by atoms with Crippen LogP contribution in [0.3, 0.4) is 0 Å². The molecule has 3 aromatic heterocycles. The average Bonchev–Trinajstić information content (AvgIpc) is 3.66. The second-order valence-corrected chi connectivity index (χ2v) is 13.4. The predicted molar refractivity (Wildman–Crippen MR) is 183 cm³/mol. The maximum atomic E-state index is 17.2. The number of fused-ring (bicyclic) bond motifs is 4. The van der Waals surface area contributed by atoms with Gasteiger partial charge in [0.05, 0.1) is 52.4 Å². The molecular weight excluding hydrogens is 617 g/mol. The highest BCUT2D eigenvalue weighted by Gasteiger charge is 2.36. The average molecular weight is 654 g/mol. The molecule has 5 heterocycles. The number of nitrogens with one attached hydrogen (secondary N) is 1. The Morgan fingerprint density at radius 2 is 1.96 bits per heavy atom. The summed E-state index contributed by atoms with van der Waals surface area (Å²) < 4.78 is 19.2. The summed E-state index contributed by atoms with van der Waals surface area (Å²) in [6.45, 7) is 7.72. The van der Waals surface area contributed by atoms with Gasteiger partial charge >= 0.3 is 0 Å². The minimum absolute atomic E-state index is 0.0978. The number of nitrogens with zero attached hydrogens (tertiary/aromatic N) is 8. The molecule has 2 aliphatic heterocycles. The number of aromatic nitrogens is 5. The molecule has 2 aromatic carbocycles. The minimum Gasteiger partial charge on any atom is -0.367 e. The third-order valence-corrected chi connectivity index (χ3v) is 10.4. The zero-order chi connectivity index (χ0) is 33.1. The van der Waals surface area contributed by atoms with Gasteiger partial charge in [0.15, 0.2) is 12.0 Å². The van der Waals surface area contributed by atoms with Crippen molar-refractivity contribution in [3.63, 3.8) is 0 Å². The van der Waals surface area contributed by atoms with E-state index in [-0.39, 0.29) is 29.0 Å². The Kier molecular flexibility index (Phi) is 8.05. The fourth-order valence-corrected chi connectivity index (χ4v) is 7.61. The van der Waals surface area contributed by atoms with Crippen LogP contribution in [0.2, 0.25) is 5.02 Å². The van der Waals surface area contributed by atoms with E-state index >= 15 is 4.39 Å². The molecule has 0 radical (unpaired) electrons. The Bertz CT molecular complexity index is 2130. The van der Waals surface area contributed by atoms with Gasteiger partial charge in [-0.25, -0.2) is 9.37 Å². The second kappa shape index (κ2) is 12.1. The van der Waals surface area contributed by atoms with Gasteiger partial charge in [-0.15, -0.1) is 5.92 Å². The molecule has 2 fully saturated rings. The number of aliphatic hydroxyl groups is 1. The molecule has 7 rings (SSSR count). The highest BCUT2D eigenvalue weighted by Crippen LogP contribution is 2.45. The first-order chi connectivity index (χ1) is 22.6. The number of aryl methyl sites for hydroxylation is 1. The molecule has 2 N–H and O–H groups in total. The standard InChI is InChI=1S/C35H37ClFN9O/c1-6-7-29(47)45-11-9-22(13-21(45)8-10-38)46-34-24-14-27(36)31(30-20(3)19(2)12-28-25(30)15-39-42-28)32(37)33(24)41-35(26(34)16-40-46)44-17-23(18-44)43(4)5/h12,14-16,21-23,29,47H,8-9,11,13,17-18H2,1-5H3,(H,39,42)/t21-,22+,29?/m1/s1. The first-order valence-electron chi connectivity index (χ1n) is 15.9. The van der Waals surface area contributed by atoms with Crippen LogP contribution in [0.25, 0.3) is 43.8 Å². The number of piperidine rings is 1. The number of aliphatic hydroxyl groups excluding tert-OH is 1. The monoisotopic (exact) mass is 653 g/mol. The maximum absolute atomic E-state index is 17.2. The van der Waals surface area contributed by atoms with Crippen LogP contribution < -0.4 is 4.90 Å². The molecule has 0 spiro atoms. The van der Waals surface area contributed by atoms with Crippen LogP contribution in [0.5, 0.6) is 0 Å². The van der Waals surface area contributed by atoms with Crippen LogP contribution in [0.15, 0.2) is 24.5 Å². The van der Waals surface area contributed by atoms with Crippen molar-refractivity contribution in [3.05, 3.63) is 46.5 Å². The summed E-state index contributed by atoms with van der Waals surface area (Å²) in [4.78, 5) is 11.3. The molecule has 0 aliphatic carbocycles. The van der Waals surface area contributed by atoms with E-state index in [1.54, 1.807) is 13.1 Å². The Labute approximate surface area is 277 Å². The molecule has 1 unspecified atom stereocenters. The van der Waals surface area contributed by atoms with Gasteiger partial charge in [0, 0.05) is 53.6 Å². The van der Waals surface area contributed by atoms with Gasteiger partial charge < -0.3 is 14.9 Å². The molecule has 2 aliphatic rings. The van der Waals surface area contributed by atoms with Gasteiger partial charge in [0.25, 0.3) is 0 Å². The van der Waals surface area contributed by atoms with Crippen molar-refractivity contribution in [2.75, 3.05) is 38.6 Å². The number of halogens is 2. The topological polar surface area (TPSA) is 113 Å². The zero-order valence-electron chi connectivity index (χ0n) is 27.1. The number of hydrogen-bond donors (Lipinski definition) is 2. The van der Waals surface area contributed by atoms with Gasteiger partial charge in [-0.3, -0.25) is 14.7 Å². The zero-order valence-corrected chi connectivity index (χ0v) is 27.9. The van der Waals surface area contributed by atoms with Crippen molar-refractivity contribution in [1.29, 1.82) is 5.26 Å². The predicted octanol–water partition coefficient (Wildman–Crippen LogP) is 5.55. The van der Waals surface area contributed by atoms with Gasteiger partial charge in [0.1, 0.15) is 11.3 Å². The third kappa shape index (κ3) is 5.10. The van der Waals surface area contributed by atoms with Crippen molar-refractivity contribution < 1.29 is 9.50 Å². The van der Waals surface area contributed by atoms with E-state index in [1.165, 1.54) is 0 Å². The summed E-state index contributed by atoms with van der Waals surface area (Å²) in [6, 6.07) is 6.16. The van der Waals surface area contributed by atoms with Gasteiger partial charge in [-0.2, -0.15) is 15.5 Å². The largest absolute Gasteiger partial charge is 0.367 e. The number of rotatable bonds is 6. The minimum atomic E-state index is -0.945. The van der Waals surface area contributed by atoms with E-state index in [0.717, 1.165) is 46.0 Å². The third-order valence-electron chi connectivity index (χ3n) is 10.1. The molecule has 0 amide bonds. The second-order valence-electron chi connectivity index (χ2n) is 13.0. The number of hydrogen-bond acceptors (Lipinski definition) is 8. The van der Waals surface area contributed by atoms with Crippen LogP contribution in [0.1, 0.15) is 43.4 Å². The Balaban J connectivity index is 1.43. The van der Waals surface area contributed by atoms with E-state index in [0.29, 0.717) is 47.8 Å². The lowest BCUT2D eigenvalue weighted by Gasteiger charge is -2.43. The lowest BCUT2D eigenvalue weighted by molar-refractivity contribution is -0.0135. The van der Waals surface area contributed by atoms with Crippen LogP contribution in [0.4, 0.5) is 10.2 Å². The van der Waals surface area contributed by atoms with Crippen molar-refractivity contribution in [2.24, 2.45) is 0 Å². The van der Waals surface area contributed by atoms with Gasteiger partial charge in [-0.05, 0) is 71.0 Å². The molecular formula is C35H37ClFN9O. The molecule has 242 valence electrons. The van der Waals surface area contributed by atoms with E-state index in [9.17, 15) is 10.4 Å². The lowest BCUT2D eigenvalue weighted by Crippen LogP contribution is -2.57. The van der Waals surface area contributed by atoms with E-state index in [4.69, 9.17) is 21.7 Å². The smallest absolute Gasteiger partial charge is 0.171 e. The fraction of sp³-hybridized carbons (Fsp3) is 0.429. The summed E-state index contributed by atoms with van der Waals surface area (Å²) in [5, 5.41) is 35.0. The van der Waals surface area contributed by atoms with Crippen LogP contribution in [-0.4, -0.2) is 91.9 Å². The van der Waals surface area contributed by atoms with Crippen molar-refractivity contribution in [2.45, 2.75) is 64.4 Å². The summed E-state index contributed by atoms with van der Waals surface area (Å²) in [7, 11) is 4.12. The highest BCUT2D eigenvalue weighted by molar-refractivity contribution is 6.35. The van der Waals surface area contributed by atoms with Crippen molar-refractivity contribution in [1.82, 2.24) is 34.8 Å². The molecule has 0 saturated carbocycles. The molecule has 47 heavy (non-hydrogen) atoms. The number of H-pyrrole nitrogens is 1. The SMILES string of the molecule is CC#CC(O)N1CC[C@H](n2ncc3c(N4CC(N(C)C)C4)nc4c(F)c(-c5c(C)c(C)cc6[nH]ncc56)c(Cl)cc4c32)C[C@H]1CC#N.